The lowest BCUT2D eigenvalue weighted by molar-refractivity contribution is -0.0608. The zero-order valence-corrected chi connectivity index (χ0v) is 11.7. The van der Waals surface area contributed by atoms with Crippen molar-refractivity contribution >= 4 is 28.7 Å². The number of carbonyl (C=O) groups is 1. The minimum absolute atomic E-state index is 0.283. The minimum atomic E-state index is -0.395. The van der Waals surface area contributed by atoms with Crippen LogP contribution in [0.4, 0.5) is 4.79 Å². The van der Waals surface area contributed by atoms with Gasteiger partial charge in [-0.2, -0.15) is 0 Å². The van der Waals surface area contributed by atoms with Gasteiger partial charge in [0.15, 0.2) is 0 Å². The van der Waals surface area contributed by atoms with E-state index >= 15 is 0 Å². The predicted molar refractivity (Wildman–Crippen MR) is 67.3 cm³/mol. The standard InChI is InChI=1S/C11H18INO2/c1-9(2,3)15-8(14)13-7-10-4-11(12,5-10)6-10/h4-7H2,1-3H3,(H,13,14). The Morgan fingerprint density at radius 3 is 2.33 bits per heavy atom. The van der Waals surface area contributed by atoms with E-state index in [1.54, 1.807) is 0 Å². The van der Waals surface area contributed by atoms with E-state index in [4.69, 9.17) is 4.74 Å². The normalized spacial score (nSPS) is 37.6. The summed E-state index contributed by atoms with van der Waals surface area (Å²) in [5, 5.41) is 2.87. The number of alkyl carbamates (subject to hydrolysis) is 1. The van der Waals surface area contributed by atoms with Crippen molar-refractivity contribution in [3.63, 3.8) is 0 Å². The van der Waals surface area contributed by atoms with E-state index in [0.717, 1.165) is 6.54 Å². The van der Waals surface area contributed by atoms with Gasteiger partial charge in [-0.3, -0.25) is 0 Å². The zero-order chi connectivity index (χ0) is 11.3. The first-order valence-electron chi connectivity index (χ1n) is 5.38. The number of carbonyl (C=O) groups excluding carboxylic acids is 1. The summed E-state index contributed by atoms with van der Waals surface area (Å²) in [6.07, 6.45) is 3.50. The van der Waals surface area contributed by atoms with E-state index in [-0.39, 0.29) is 6.09 Å². The number of hydrogen-bond donors (Lipinski definition) is 1. The Morgan fingerprint density at radius 2 is 1.93 bits per heavy atom. The van der Waals surface area contributed by atoms with Crippen LogP contribution in [0.25, 0.3) is 0 Å². The van der Waals surface area contributed by atoms with E-state index in [0.29, 0.717) is 8.84 Å². The summed E-state index contributed by atoms with van der Waals surface area (Å²) in [6, 6.07) is 0. The molecule has 0 radical (unpaired) electrons. The summed E-state index contributed by atoms with van der Waals surface area (Å²) in [4.78, 5) is 11.4. The van der Waals surface area contributed by atoms with Crippen molar-refractivity contribution in [1.82, 2.24) is 5.32 Å². The molecule has 0 aliphatic heterocycles. The molecule has 3 aliphatic rings. The molecular formula is C11H18INO2. The number of halogens is 1. The van der Waals surface area contributed by atoms with Crippen LogP contribution >= 0.6 is 22.6 Å². The minimum Gasteiger partial charge on any atom is -0.444 e. The zero-order valence-electron chi connectivity index (χ0n) is 9.52. The predicted octanol–water partition coefficient (Wildman–Crippen LogP) is 2.87. The fourth-order valence-electron chi connectivity index (χ4n) is 2.62. The highest BCUT2D eigenvalue weighted by Gasteiger charge is 2.66. The maximum atomic E-state index is 11.4. The Balaban J connectivity index is 1.69. The van der Waals surface area contributed by atoms with E-state index < -0.39 is 5.60 Å². The molecule has 3 rings (SSSR count). The fourth-order valence-corrected chi connectivity index (χ4v) is 5.05. The monoisotopic (exact) mass is 323 g/mol. The van der Waals surface area contributed by atoms with Gasteiger partial charge in [0.1, 0.15) is 5.60 Å². The van der Waals surface area contributed by atoms with E-state index in [9.17, 15) is 4.79 Å². The molecule has 0 aromatic rings. The quantitative estimate of drug-likeness (QED) is 0.627. The fraction of sp³-hybridized carbons (Fsp3) is 0.909. The second-order valence-corrected chi connectivity index (χ2v) is 8.33. The first-order chi connectivity index (χ1) is 6.72. The largest absolute Gasteiger partial charge is 0.444 e. The SMILES string of the molecule is CC(C)(C)OC(=O)NCC12CC(I)(C1)C2. The lowest BCUT2D eigenvalue weighted by atomic mass is 9.44. The third-order valence-electron chi connectivity index (χ3n) is 3.08. The van der Waals surface area contributed by atoms with Crippen molar-refractivity contribution < 1.29 is 9.53 Å². The van der Waals surface area contributed by atoms with Crippen LogP contribution in [0.3, 0.4) is 0 Å². The summed E-state index contributed by atoms with van der Waals surface area (Å²) < 4.78 is 5.77. The summed E-state index contributed by atoms with van der Waals surface area (Å²) in [5.41, 5.74) is 0.0199. The van der Waals surface area contributed by atoms with Gasteiger partial charge in [-0.1, -0.05) is 22.6 Å². The molecule has 0 unspecified atom stereocenters. The number of rotatable bonds is 2. The molecule has 2 bridgehead atoms. The van der Waals surface area contributed by atoms with Crippen LogP contribution in [0, 0.1) is 5.41 Å². The van der Waals surface area contributed by atoms with Crippen LogP contribution in [0.1, 0.15) is 40.0 Å². The highest BCUT2D eigenvalue weighted by molar-refractivity contribution is 14.1. The first kappa shape index (κ1) is 11.5. The van der Waals surface area contributed by atoms with Crippen LogP contribution in [0.5, 0.6) is 0 Å². The Kier molecular flexibility index (Phi) is 2.48. The molecule has 3 nitrogen and oxygen atoms in total. The van der Waals surface area contributed by atoms with Gasteiger partial charge in [-0.15, -0.1) is 0 Å². The molecule has 3 saturated carbocycles. The highest BCUT2D eigenvalue weighted by Crippen LogP contribution is 2.71. The molecule has 0 atom stereocenters. The summed E-state index contributed by atoms with van der Waals surface area (Å²) in [6.45, 7) is 6.43. The molecule has 86 valence electrons. The number of ether oxygens (including phenoxy) is 1. The highest BCUT2D eigenvalue weighted by atomic mass is 127. The van der Waals surface area contributed by atoms with Gasteiger partial charge in [-0.05, 0) is 45.4 Å². The molecule has 0 aromatic heterocycles. The second kappa shape index (κ2) is 3.25. The van der Waals surface area contributed by atoms with Crippen LogP contribution in [0.2, 0.25) is 0 Å². The summed E-state index contributed by atoms with van der Waals surface area (Å²) in [7, 11) is 0. The van der Waals surface area contributed by atoms with Crippen molar-refractivity contribution in [1.29, 1.82) is 0 Å². The van der Waals surface area contributed by atoms with Crippen molar-refractivity contribution in [2.75, 3.05) is 6.54 Å². The van der Waals surface area contributed by atoms with Gasteiger partial charge in [0.2, 0.25) is 0 Å². The van der Waals surface area contributed by atoms with Crippen molar-refractivity contribution in [2.24, 2.45) is 5.41 Å². The molecule has 15 heavy (non-hydrogen) atoms. The van der Waals surface area contributed by atoms with Gasteiger partial charge in [0.25, 0.3) is 0 Å². The molecule has 1 amide bonds. The van der Waals surface area contributed by atoms with Gasteiger partial charge in [0.05, 0.1) is 0 Å². The molecule has 0 saturated heterocycles. The molecule has 4 heteroatoms. The number of alkyl halides is 1. The van der Waals surface area contributed by atoms with E-state index in [2.05, 4.69) is 27.9 Å². The molecule has 1 N–H and O–H groups in total. The van der Waals surface area contributed by atoms with Crippen molar-refractivity contribution in [3.8, 4) is 0 Å². The van der Waals surface area contributed by atoms with Crippen LogP contribution in [-0.2, 0) is 4.74 Å². The Labute approximate surface area is 104 Å². The van der Waals surface area contributed by atoms with Crippen molar-refractivity contribution in [2.45, 2.75) is 49.1 Å². The van der Waals surface area contributed by atoms with Crippen LogP contribution in [-0.4, -0.2) is 21.7 Å². The first-order valence-corrected chi connectivity index (χ1v) is 6.46. The summed E-state index contributed by atoms with van der Waals surface area (Å²) in [5.74, 6) is 0. The molecule has 0 heterocycles. The lowest BCUT2D eigenvalue weighted by Gasteiger charge is -2.68. The van der Waals surface area contributed by atoms with Gasteiger partial charge in [0, 0.05) is 9.97 Å². The van der Waals surface area contributed by atoms with Gasteiger partial charge in [-0.25, -0.2) is 4.79 Å². The van der Waals surface area contributed by atoms with Gasteiger partial charge >= 0.3 is 6.09 Å². The van der Waals surface area contributed by atoms with Crippen LogP contribution < -0.4 is 5.32 Å². The third kappa shape index (κ3) is 2.40. The third-order valence-corrected chi connectivity index (χ3v) is 4.23. The Hall–Kier alpha value is 0. The maximum Gasteiger partial charge on any atom is 0.407 e. The second-order valence-electron chi connectivity index (χ2n) is 6.04. The lowest BCUT2D eigenvalue weighted by Crippen LogP contribution is -2.67. The number of nitrogens with one attached hydrogen (secondary N) is 1. The van der Waals surface area contributed by atoms with E-state index in [1.165, 1.54) is 19.3 Å². The Morgan fingerprint density at radius 1 is 1.40 bits per heavy atom. The average Bonchev–Trinajstić information content (AvgIpc) is 1.90. The van der Waals surface area contributed by atoms with E-state index in [1.807, 2.05) is 20.8 Å². The Bertz CT molecular complexity index is 276. The smallest absolute Gasteiger partial charge is 0.407 e. The van der Waals surface area contributed by atoms with Crippen molar-refractivity contribution in [3.05, 3.63) is 0 Å². The molecular weight excluding hydrogens is 305 g/mol. The molecule has 0 spiro atoms. The topological polar surface area (TPSA) is 38.3 Å². The molecule has 0 aromatic carbocycles. The summed E-state index contributed by atoms with van der Waals surface area (Å²) >= 11 is 2.54. The van der Waals surface area contributed by atoms with Crippen LogP contribution in [0.15, 0.2) is 0 Å². The van der Waals surface area contributed by atoms with Gasteiger partial charge < -0.3 is 10.1 Å². The molecule has 3 fully saturated rings. The number of amides is 1. The number of hydrogen-bond acceptors (Lipinski definition) is 2. The maximum absolute atomic E-state index is 11.4. The molecule has 3 aliphatic carbocycles. The average molecular weight is 323 g/mol.